The standard InChI is InChI=1S/C19H25NO8/c1-11(21)20-15-17(24-10-14(22)23)16-13(9-25-19(2,3)28-16)27-18(15)26-12-7-5-4-6-8-12/h4-8,13,15-18H,9-10H2,1-3H3,(H,20,21)(H,22,23). The Kier molecular flexibility index (Phi) is 6.19. The lowest BCUT2D eigenvalue weighted by molar-refractivity contribution is -0.364. The molecule has 5 atom stereocenters. The molecule has 0 saturated carbocycles. The fourth-order valence-electron chi connectivity index (χ4n) is 3.31. The topological polar surface area (TPSA) is 113 Å². The normalized spacial score (nSPS) is 31.5. The van der Waals surface area contributed by atoms with E-state index in [0.717, 1.165) is 0 Å². The van der Waals surface area contributed by atoms with Crippen molar-refractivity contribution in [1.82, 2.24) is 5.32 Å². The Morgan fingerprint density at radius 3 is 2.64 bits per heavy atom. The molecular weight excluding hydrogens is 370 g/mol. The van der Waals surface area contributed by atoms with Gasteiger partial charge in [-0.2, -0.15) is 0 Å². The lowest BCUT2D eigenvalue weighted by atomic mass is 9.95. The summed E-state index contributed by atoms with van der Waals surface area (Å²) in [6, 6.07) is 8.19. The fraction of sp³-hybridized carbons (Fsp3) is 0.579. The molecule has 0 bridgehead atoms. The molecule has 5 unspecified atom stereocenters. The molecule has 2 aliphatic rings. The molecular formula is C19H25NO8. The number of carbonyl (C=O) groups excluding carboxylic acids is 1. The molecule has 1 aromatic rings. The van der Waals surface area contributed by atoms with Crippen LogP contribution in [0.2, 0.25) is 0 Å². The van der Waals surface area contributed by atoms with Crippen LogP contribution in [0.4, 0.5) is 0 Å². The molecule has 2 fully saturated rings. The number of hydrogen-bond donors (Lipinski definition) is 2. The maximum atomic E-state index is 11.8. The number of rotatable bonds is 6. The largest absolute Gasteiger partial charge is 0.480 e. The first kappa shape index (κ1) is 20.5. The summed E-state index contributed by atoms with van der Waals surface area (Å²) in [4.78, 5) is 22.9. The van der Waals surface area contributed by atoms with Gasteiger partial charge in [0, 0.05) is 6.92 Å². The van der Waals surface area contributed by atoms with E-state index in [1.54, 1.807) is 26.0 Å². The zero-order valence-electron chi connectivity index (χ0n) is 16.0. The Bertz CT molecular complexity index is 694. The molecule has 9 nitrogen and oxygen atoms in total. The molecule has 2 aliphatic heterocycles. The van der Waals surface area contributed by atoms with Gasteiger partial charge in [0.15, 0.2) is 5.79 Å². The first-order valence-corrected chi connectivity index (χ1v) is 9.04. The summed E-state index contributed by atoms with van der Waals surface area (Å²) < 4.78 is 29.2. The molecule has 9 heteroatoms. The number of fused-ring (bicyclic) bond motifs is 1. The highest BCUT2D eigenvalue weighted by Crippen LogP contribution is 2.34. The Hall–Kier alpha value is -2.20. The molecule has 0 radical (unpaired) electrons. The van der Waals surface area contributed by atoms with E-state index < -0.39 is 49.0 Å². The van der Waals surface area contributed by atoms with E-state index in [2.05, 4.69) is 5.32 Å². The van der Waals surface area contributed by atoms with Crippen LogP contribution in [0.25, 0.3) is 0 Å². The van der Waals surface area contributed by atoms with Gasteiger partial charge in [-0.15, -0.1) is 0 Å². The van der Waals surface area contributed by atoms with Gasteiger partial charge in [0.25, 0.3) is 0 Å². The van der Waals surface area contributed by atoms with Crippen molar-refractivity contribution in [2.24, 2.45) is 0 Å². The Labute approximate surface area is 162 Å². The summed E-state index contributed by atoms with van der Waals surface area (Å²) in [5.41, 5.74) is 0. The average molecular weight is 395 g/mol. The van der Waals surface area contributed by atoms with Gasteiger partial charge in [-0.05, 0) is 26.0 Å². The van der Waals surface area contributed by atoms with Crippen molar-refractivity contribution >= 4 is 11.9 Å². The van der Waals surface area contributed by atoms with Crippen LogP contribution in [-0.4, -0.2) is 66.6 Å². The number of para-hydroxylation sites is 1. The summed E-state index contributed by atoms with van der Waals surface area (Å²) in [7, 11) is 0. The molecule has 2 heterocycles. The van der Waals surface area contributed by atoms with Crippen LogP contribution in [0.15, 0.2) is 30.3 Å². The second-order valence-electron chi connectivity index (χ2n) is 7.16. The Morgan fingerprint density at radius 1 is 1.29 bits per heavy atom. The second-order valence-corrected chi connectivity index (χ2v) is 7.16. The van der Waals surface area contributed by atoms with Crippen LogP contribution in [0.1, 0.15) is 20.8 Å². The number of carboxylic acids is 1. The van der Waals surface area contributed by atoms with Gasteiger partial charge in [-0.1, -0.05) is 18.2 Å². The van der Waals surface area contributed by atoms with Crippen molar-refractivity contribution in [1.29, 1.82) is 0 Å². The van der Waals surface area contributed by atoms with Crippen LogP contribution in [0.5, 0.6) is 5.75 Å². The molecule has 1 aromatic carbocycles. The van der Waals surface area contributed by atoms with Crippen LogP contribution >= 0.6 is 0 Å². The number of ether oxygens (including phenoxy) is 5. The van der Waals surface area contributed by atoms with Gasteiger partial charge in [0.05, 0.1) is 6.61 Å². The molecule has 154 valence electrons. The van der Waals surface area contributed by atoms with Crippen molar-refractivity contribution in [2.45, 2.75) is 57.2 Å². The molecule has 0 spiro atoms. The maximum Gasteiger partial charge on any atom is 0.329 e. The van der Waals surface area contributed by atoms with Crippen LogP contribution in [-0.2, 0) is 28.5 Å². The molecule has 2 saturated heterocycles. The molecule has 0 aliphatic carbocycles. The van der Waals surface area contributed by atoms with Gasteiger partial charge in [0.1, 0.15) is 36.7 Å². The summed E-state index contributed by atoms with van der Waals surface area (Å²) in [5, 5.41) is 11.8. The average Bonchev–Trinajstić information content (AvgIpc) is 2.61. The number of carbonyl (C=O) groups is 2. The predicted octanol–water partition coefficient (Wildman–Crippen LogP) is 0.916. The van der Waals surface area contributed by atoms with Crippen LogP contribution in [0.3, 0.4) is 0 Å². The summed E-state index contributed by atoms with van der Waals surface area (Å²) in [6.07, 6.45) is -2.92. The van der Waals surface area contributed by atoms with Gasteiger partial charge < -0.3 is 34.1 Å². The SMILES string of the molecule is CC(=O)NC1C(Oc2ccccc2)OC2COC(C)(C)OC2C1OCC(=O)O. The van der Waals surface area contributed by atoms with E-state index in [9.17, 15) is 9.59 Å². The zero-order valence-corrected chi connectivity index (χ0v) is 16.0. The molecule has 2 N–H and O–H groups in total. The third-order valence-electron chi connectivity index (χ3n) is 4.43. The summed E-state index contributed by atoms with van der Waals surface area (Å²) in [5.74, 6) is -1.82. The highest BCUT2D eigenvalue weighted by Gasteiger charge is 2.53. The molecule has 0 aromatic heterocycles. The minimum atomic E-state index is -1.13. The molecule has 1 amide bonds. The second kappa shape index (κ2) is 8.44. The van der Waals surface area contributed by atoms with Gasteiger partial charge in [0.2, 0.25) is 12.2 Å². The number of benzene rings is 1. The first-order chi connectivity index (χ1) is 13.2. The number of nitrogens with one attached hydrogen (secondary N) is 1. The molecule has 3 rings (SSSR count). The van der Waals surface area contributed by atoms with Crippen molar-refractivity contribution in [2.75, 3.05) is 13.2 Å². The van der Waals surface area contributed by atoms with E-state index in [1.807, 2.05) is 18.2 Å². The van der Waals surface area contributed by atoms with Crippen LogP contribution in [0, 0.1) is 0 Å². The third-order valence-corrected chi connectivity index (χ3v) is 4.43. The number of hydrogen-bond acceptors (Lipinski definition) is 7. The van der Waals surface area contributed by atoms with Crippen LogP contribution < -0.4 is 10.1 Å². The van der Waals surface area contributed by atoms with Gasteiger partial charge >= 0.3 is 5.97 Å². The zero-order chi connectivity index (χ0) is 20.3. The molecule has 28 heavy (non-hydrogen) atoms. The van der Waals surface area contributed by atoms with Crippen molar-refractivity contribution in [3.05, 3.63) is 30.3 Å². The quantitative estimate of drug-likeness (QED) is 0.731. The highest BCUT2D eigenvalue weighted by atomic mass is 16.8. The predicted molar refractivity (Wildman–Crippen MR) is 95.6 cm³/mol. The lowest BCUT2D eigenvalue weighted by Gasteiger charge is -2.50. The number of aliphatic carboxylic acids is 1. The maximum absolute atomic E-state index is 11.8. The third kappa shape index (κ3) is 4.99. The number of carboxylic acid groups (broad SMARTS) is 1. The monoisotopic (exact) mass is 395 g/mol. The lowest BCUT2D eigenvalue weighted by Crippen LogP contribution is -2.69. The first-order valence-electron chi connectivity index (χ1n) is 9.04. The van der Waals surface area contributed by atoms with E-state index in [4.69, 9.17) is 28.8 Å². The van der Waals surface area contributed by atoms with E-state index in [0.29, 0.717) is 5.75 Å². The number of amides is 1. The van der Waals surface area contributed by atoms with Crippen molar-refractivity contribution in [3.63, 3.8) is 0 Å². The summed E-state index contributed by atoms with van der Waals surface area (Å²) in [6.45, 7) is 4.52. The van der Waals surface area contributed by atoms with Gasteiger partial charge in [-0.25, -0.2) is 4.79 Å². The van der Waals surface area contributed by atoms with Crippen molar-refractivity contribution in [3.8, 4) is 5.75 Å². The fourth-order valence-corrected chi connectivity index (χ4v) is 3.31. The van der Waals surface area contributed by atoms with E-state index in [-0.39, 0.29) is 12.5 Å². The minimum absolute atomic E-state index is 0.214. The van der Waals surface area contributed by atoms with Crippen molar-refractivity contribution < 1.29 is 38.4 Å². The summed E-state index contributed by atoms with van der Waals surface area (Å²) >= 11 is 0. The van der Waals surface area contributed by atoms with E-state index >= 15 is 0 Å². The minimum Gasteiger partial charge on any atom is -0.480 e. The van der Waals surface area contributed by atoms with Gasteiger partial charge in [-0.3, -0.25) is 4.79 Å². The Morgan fingerprint density at radius 2 is 2.00 bits per heavy atom. The Balaban J connectivity index is 1.89. The highest BCUT2D eigenvalue weighted by molar-refractivity contribution is 5.73. The smallest absolute Gasteiger partial charge is 0.329 e. The van der Waals surface area contributed by atoms with E-state index in [1.165, 1.54) is 6.92 Å².